The van der Waals surface area contributed by atoms with Gasteiger partial charge in [-0.1, -0.05) is 0 Å². The minimum absolute atomic E-state index is 0.174. The standard InChI is InChI=1S/C8H18N2O/c1-7(9)5-10-8(2)3-4-11-6-8/h7,10H,3-6,9H2,1-2H3. The molecule has 1 rings (SSSR count). The van der Waals surface area contributed by atoms with Crippen molar-refractivity contribution in [1.82, 2.24) is 5.32 Å². The van der Waals surface area contributed by atoms with E-state index in [4.69, 9.17) is 10.5 Å². The van der Waals surface area contributed by atoms with Gasteiger partial charge < -0.3 is 15.8 Å². The summed E-state index contributed by atoms with van der Waals surface area (Å²) in [4.78, 5) is 0. The molecule has 3 nitrogen and oxygen atoms in total. The third-order valence-electron chi connectivity index (χ3n) is 2.07. The highest BCUT2D eigenvalue weighted by atomic mass is 16.5. The van der Waals surface area contributed by atoms with Crippen LogP contribution < -0.4 is 11.1 Å². The molecule has 2 unspecified atom stereocenters. The smallest absolute Gasteiger partial charge is 0.0646 e. The third kappa shape index (κ3) is 2.77. The Kier molecular flexibility index (Phi) is 2.87. The van der Waals surface area contributed by atoms with Gasteiger partial charge in [0.2, 0.25) is 0 Å². The van der Waals surface area contributed by atoms with Crippen LogP contribution in [0.1, 0.15) is 20.3 Å². The first-order chi connectivity index (χ1) is 5.12. The van der Waals surface area contributed by atoms with E-state index in [0.29, 0.717) is 0 Å². The molecule has 11 heavy (non-hydrogen) atoms. The Morgan fingerprint density at radius 3 is 2.91 bits per heavy atom. The van der Waals surface area contributed by atoms with Crippen LogP contribution in [0.5, 0.6) is 0 Å². The van der Waals surface area contributed by atoms with Crippen LogP contribution in [0.15, 0.2) is 0 Å². The summed E-state index contributed by atoms with van der Waals surface area (Å²) in [5.74, 6) is 0. The maximum absolute atomic E-state index is 5.63. The summed E-state index contributed by atoms with van der Waals surface area (Å²) >= 11 is 0. The maximum atomic E-state index is 5.63. The zero-order valence-electron chi connectivity index (χ0n) is 7.39. The lowest BCUT2D eigenvalue weighted by atomic mass is 10.0. The fourth-order valence-corrected chi connectivity index (χ4v) is 1.21. The molecule has 0 aromatic heterocycles. The summed E-state index contributed by atoms with van der Waals surface area (Å²) in [7, 11) is 0. The molecule has 0 aliphatic carbocycles. The minimum Gasteiger partial charge on any atom is -0.379 e. The van der Waals surface area contributed by atoms with Crippen LogP contribution in [0.25, 0.3) is 0 Å². The second-order valence-electron chi connectivity index (χ2n) is 3.72. The highest BCUT2D eigenvalue weighted by molar-refractivity contribution is 4.87. The van der Waals surface area contributed by atoms with Crippen molar-refractivity contribution in [1.29, 1.82) is 0 Å². The topological polar surface area (TPSA) is 47.3 Å². The molecule has 66 valence electrons. The molecule has 0 aromatic carbocycles. The average Bonchev–Trinajstić information content (AvgIpc) is 2.33. The van der Waals surface area contributed by atoms with E-state index in [9.17, 15) is 0 Å². The van der Waals surface area contributed by atoms with Crippen LogP contribution in [0.3, 0.4) is 0 Å². The Balaban J connectivity index is 2.23. The van der Waals surface area contributed by atoms with Crippen LogP contribution >= 0.6 is 0 Å². The fraction of sp³-hybridized carbons (Fsp3) is 1.00. The Labute approximate surface area is 68.3 Å². The third-order valence-corrected chi connectivity index (χ3v) is 2.07. The SMILES string of the molecule is CC(N)CNC1(C)CCOC1. The van der Waals surface area contributed by atoms with E-state index in [1.807, 2.05) is 6.92 Å². The fourth-order valence-electron chi connectivity index (χ4n) is 1.21. The van der Waals surface area contributed by atoms with Crippen molar-refractivity contribution in [2.24, 2.45) is 5.73 Å². The number of ether oxygens (including phenoxy) is 1. The number of hydrogen-bond acceptors (Lipinski definition) is 3. The van der Waals surface area contributed by atoms with E-state index in [0.717, 1.165) is 26.2 Å². The molecule has 1 heterocycles. The van der Waals surface area contributed by atoms with Gasteiger partial charge in [-0.3, -0.25) is 0 Å². The summed E-state index contributed by atoms with van der Waals surface area (Å²) in [5, 5.41) is 3.41. The highest BCUT2D eigenvalue weighted by Crippen LogP contribution is 2.16. The lowest BCUT2D eigenvalue weighted by molar-refractivity contribution is 0.171. The number of nitrogens with one attached hydrogen (secondary N) is 1. The number of hydrogen-bond donors (Lipinski definition) is 2. The maximum Gasteiger partial charge on any atom is 0.0646 e. The average molecular weight is 158 g/mol. The molecular weight excluding hydrogens is 140 g/mol. The monoisotopic (exact) mass is 158 g/mol. The first-order valence-corrected chi connectivity index (χ1v) is 4.21. The highest BCUT2D eigenvalue weighted by Gasteiger charge is 2.28. The summed E-state index contributed by atoms with van der Waals surface area (Å²) in [6.45, 7) is 6.76. The largest absolute Gasteiger partial charge is 0.379 e. The van der Waals surface area contributed by atoms with Crippen molar-refractivity contribution in [2.45, 2.75) is 31.8 Å². The van der Waals surface area contributed by atoms with E-state index in [2.05, 4.69) is 12.2 Å². The predicted octanol–water partition coefficient (Wildman–Crippen LogP) is 0.102. The molecule has 1 aliphatic rings. The minimum atomic E-state index is 0.174. The van der Waals surface area contributed by atoms with Crippen LogP contribution in [0, 0.1) is 0 Å². The molecule has 1 aliphatic heterocycles. The van der Waals surface area contributed by atoms with Crippen molar-refractivity contribution in [3.8, 4) is 0 Å². The van der Waals surface area contributed by atoms with Crippen LogP contribution in [-0.2, 0) is 4.74 Å². The van der Waals surface area contributed by atoms with E-state index in [1.165, 1.54) is 0 Å². The van der Waals surface area contributed by atoms with Crippen molar-refractivity contribution in [3.63, 3.8) is 0 Å². The van der Waals surface area contributed by atoms with Crippen molar-refractivity contribution < 1.29 is 4.74 Å². The van der Waals surface area contributed by atoms with Gasteiger partial charge in [-0.15, -0.1) is 0 Å². The molecule has 0 amide bonds. The van der Waals surface area contributed by atoms with Crippen molar-refractivity contribution >= 4 is 0 Å². The Hall–Kier alpha value is -0.120. The van der Waals surface area contributed by atoms with Gasteiger partial charge in [0.1, 0.15) is 0 Å². The second kappa shape index (κ2) is 3.52. The van der Waals surface area contributed by atoms with Crippen molar-refractivity contribution in [3.05, 3.63) is 0 Å². The predicted molar refractivity (Wildman–Crippen MR) is 45.5 cm³/mol. The van der Waals surface area contributed by atoms with Crippen LogP contribution in [0.4, 0.5) is 0 Å². The zero-order valence-corrected chi connectivity index (χ0v) is 7.39. The van der Waals surface area contributed by atoms with Gasteiger partial charge in [0.05, 0.1) is 6.61 Å². The molecule has 3 N–H and O–H groups in total. The van der Waals surface area contributed by atoms with Gasteiger partial charge in [0.15, 0.2) is 0 Å². The van der Waals surface area contributed by atoms with Gasteiger partial charge in [0.25, 0.3) is 0 Å². The Bertz CT molecular complexity index is 119. The molecule has 0 saturated carbocycles. The summed E-state index contributed by atoms with van der Waals surface area (Å²) < 4.78 is 5.29. The first-order valence-electron chi connectivity index (χ1n) is 4.21. The van der Waals surface area contributed by atoms with Gasteiger partial charge in [0, 0.05) is 24.7 Å². The van der Waals surface area contributed by atoms with Gasteiger partial charge in [-0.2, -0.15) is 0 Å². The number of rotatable bonds is 3. The molecule has 1 saturated heterocycles. The van der Waals surface area contributed by atoms with Crippen LogP contribution in [0.2, 0.25) is 0 Å². The Morgan fingerprint density at radius 2 is 2.45 bits per heavy atom. The molecule has 3 heteroatoms. The summed E-state index contributed by atoms with van der Waals surface area (Å²) in [6.07, 6.45) is 1.10. The molecular formula is C8H18N2O. The lowest BCUT2D eigenvalue weighted by Crippen LogP contribution is -2.47. The van der Waals surface area contributed by atoms with Gasteiger partial charge in [-0.05, 0) is 20.3 Å². The van der Waals surface area contributed by atoms with Gasteiger partial charge >= 0.3 is 0 Å². The van der Waals surface area contributed by atoms with E-state index in [1.54, 1.807) is 0 Å². The zero-order chi connectivity index (χ0) is 8.32. The molecule has 2 atom stereocenters. The van der Waals surface area contributed by atoms with Gasteiger partial charge in [-0.25, -0.2) is 0 Å². The normalized spacial score (nSPS) is 34.1. The second-order valence-corrected chi connectivity index (χ2v) is 3.72. The molecule has 0 spiro atoms. The van der Waals surface area contributed by atoms with Crippen molar-refractivity contribution in [2.75, 3.05) is 19.8 Å². The van der Waals surface area contributed by atoms with E-state index in [-0.39, 0.29) is 11.6 Å². The quantitative estimate of drug-likeness (QED) is 0.612. The molecule has 0 radical (unpaired) electrons. The Morgan fingerprint density at radius 1 is 1.73 bits per heavy atom. The molecule has 1 fully saturated rings. The summed E-state index contributed by atoms with van der Waals surface area (Å²) in [6, 6.07) is 0.229. The molecule has 0 bridgehead atoms. The van der Waals surface area contributed by atoms with E-state index >= 15 is 0 Å². The van der Waals surface area contributed by atoms with Crippen LogP contribution in [-0.4, -0.2) is 31.3 Å². The lowest BCUT2D eigenvalue weighted by Gasteiger charge is -2.24. The first kappa shape index (κ1) is 8.97. The van der Waals surface area contributed by atoms with E-state index < -0.39 is 0 Å². The summed E-state index contributed by atoms with van der Waals surface area (Å²) in [5.41, 5.74) is 5.80. The molecule has 0 aromatic rings. The number of nitrogens with two attached hydrogens (primary N) is 1.